The van der Waals surface area contributed by atoms with Gasteiger partial charge in [-0.2, -0.15) is 0 Å². The number of carbonyl (C=O) groups is 1. The first-order chi connectivity index (χ1) is 8.04. The Bertz CT molecular complexity index is 384. The van der Waals surface area contributed by atoms with Crippen LogP contribution in [-0.2, 0) is 4.79 Å². The Morgan fingerprint density at radius 3 is 2.65 bits per heavy atom. The molecule has 0 amide bonds. The molecule has 0 unspecified atom stereocenters. The van der Waals surface area contributed by atoms with Gasteiger partial charge in [-0.15, -0.1) is 0 Å². The van der Waals surface area contributed by atoms with Crippen molar-refractivity contribution in [2.24, 2.45) is 0 Å². The molecule has 0 aromatic rings. The van der Waals surface area contributed by atoms with E-state index in [1.165, 1.54) is 5.57 Å². The van der Waals surface area contributed by atoms with Gasteiger partial charge in [-0.1, -0.05) is 23.3 Å². The summed E-state index contributed by atoms with van der Waals surface area (Å²) in [6.07, 6.45) is 7.47. The highest BCUT2D eigenvalue weighted by Gasteiger charge is 2.13. The minimum Gasteiger partial charge on any atom is -0.392 e. The molecule has 0 aromatic heterocycles. The molecule has 0 aromatic carbocycles. The fourth-order valence-corrected chi connectivity index (χ4v) is 1.98. The van der Waals surface area contributed by atoms with Crippen molar-refractivity contribution >= 4 is 5.78 Å². The minimum absolute atomic E-state index is 0.0310. The maximum absolute atomic E-state index is 12.1. The fraction of sp³-hybridized carbons (Fsp3) is 0.533. The van der Waals surface area contributed by atoms with Gasteiger partial charge in [0.2, 0.25) is 0 Å². The number of Topliss-reactive ketones (excluding diaryl/α,β-unsaturated/α-hetero) is 1. The van der Waals surface area contributed by atoms with Crippen LogP contribution in [0.15, 0.2) is 34.4 Å². The lowest BCUT2D eigenvalue weighted by Gasteiger charge is -2.11. The number of hydrogen-bond donors (Lipinski definition) is 1. The molecule has 1 aliphatic rings. The Morgan fingerprint density at radius 2 is 2.00 bits per heavy atom. The van der Waals surface area contributed by atoms with Crippen molar-refractivity contribution in [2.75, 3.05) is 6.61 Å². The van der Waals surface area contributed by atoms with Crippen LogP contribution in [-0.4, -0.2) is 17.5 Å². The molecule has 94 valence electrons. The van der Waals surface area contributed by atoms with E-state index in [1.54, 1.807) is 0 Å². The molecule has 0 radical (unpaired) electrons. The Labute approximate surface area is 104 Å². The van der Waals surface area contributed by atoms with E-state index in [0.717, 1.165) is 29.6 Å². The summed E-state index contributed by atoms with van der Waals surface area (Å²) in [6, 6.07) is 0. The van der Waals surface area contributed by atoms with E-state index in [1.807, 2.05) is 13.8 Å². The third kappa shape index (κ3) is 4.31. The van der Waals surface area contributed by atoms with Gasteiger partial charge in [0.15, 0.2) is 5.78 Å². The number of carbonyl (C=O) groups excluding carboxylic acids is 1. The van der Waals surface area contributed by atoms with Crippen molar-refractivity contribution in [3.05, 3.63) is 34.4 Å². The van der Waals surface area contributed by atoms with Crippen LogP contribution < -0.4 is 0 Å². The summed E-state index contributed by atoms with van der Waals surface area (Å²) in [4.78, 5) is 12.1. The maximum Gasteiger partial charge on any atom is 0.163 e. The third-order valence-electron chi connectivity index (χ3n) is 3.21. The second-order valence-electron chi connectivity index (χ2n) is 4.86. The molecule has 1 rings (SSSR count). The van der Waals surface area contributed by atoms with E-state index >= 15 is 0 Å². The lowest BCUT2D eigenvalue weighted by Crippen LogP contribution is -2.08. The zero-order valence-electron chi connectivity index (χ0n) is 11.0. The molecular weight excluding hydrogens is 212 g/mol. The number of rotatable bonds is 1. The predicted molar refractivity (Wildman–Crippen MR) is 70.8 cm³/mol. The lowest BCUT2D eigenvalue weighted by atomic mass is 9.94. The summed E-state index contributed by atoms with van der Waals surface area (Å²) in [6.45, 7) is 5.91. The average Bonchev–Trinajstić information content (AvgIpc) is 2.28. The lowest BCUT2D eigenvalue weighted by molar-refractivity contribution is -0.115. The van der Waals surface area contributed by atoms with Gasteiger partial charge in [-0.05, 0) is 45.6 Å². The van der Waals surface area contributed by atoms with Crippen LogP contribution in [0.5, 0.6) is 0 Å². The van der Waals surface area contributed by atoms with Crippen molar-refractivity contribution in [3.8, 4) is 0 Å². The molecular formula is C15H22O2. The molecule has 0 aliphatic heterocycles. The van der Waals surface area contributed by atoms with Crippen molar-refractivity contribution in [2.45, 2.75) is 46.5 Å². The van der Waals surface area contributed by atoms with Gasteiger partial charge in [0.05, 0.1) is 6.61 Å². The van der Waals surface area contributed by atoms with E-state index in [0.29, 0.717) is 12.8 Å². The second-order valence-corrected chi connectivity index (χ2v) is 4.86. The summed E-state index contributed by atoms with van der Waals surface area (Å²) < 4.78 is 0. The quantitative estimate of drug-likeness (QED) is 0.558. The van der Waals surface area contributed by atoms with Crippen LogP contribution in [0, 0.1) is 0 Å². The Kier molecular flexibility index (Phi) is 5.36. The minimum atomic E-state index is -0.0310. The first kappa shape index (κ1) is 13.9. The molecule has 2 heteroatoms. The zero-order valence-corrected chi connectivity index (χ0v) is 11.0. The molecule has 0 atom stereocenters. The third-order valence-corrected chi connectivity index (χ3v) is 3.21. The van der Waals surface area contributed by atoms with Gasteiger partial charge in [-0.25, -0.2) is 0 Å². The molecule has 1 N–H and O–H groups in total. The van der Waals surface area contributed by atoms with Crippen LogP contribution in [0.1, 0.15) is 46.5 Å². The van der Waals surface area contributed by atoms with Crippen LogP contribution in [0.4, 0.5) is 0 Å². The first-order valence-electron chi connectivity index (χ1n) is 6.18. The molecule has 1 aliphatic carbocycles. The van der Waals surface area contributed by atoms with Gasteiger partial charge in [-0.3, -0.25) is 4.79 Å². The van der Waals surface area contributed by atoms with Gasteiger partial charge < -0.3 is 5.11 Å². The van der Waals surface area contributed by atoms with Crippen LogP contribution >= 0.6 is 0 Å². The molecule has 0 heterocycles. The van der Waals surface area contributed by atoms with E-state index in [2.05, 4.69) is 19.1 Å². The number of ketones is 1. The maximum atomic E-state index is 12.1. The molecule has 17 heavy (non-hydrogen) atoms. The summed E-state index contributed by atoms with van der Waals surface area (Å²) in [5.41, 5.74) is 4.02. The molecule has 0 saturated carbocycles. The highest BCUT2D eigenvalue weighted by atomic mass is 16.3. The predicted octanol–water partition coefficient (Wildman–Crippen LogP) is 3.33. The number of aliphatic hydroxyl groups is 1. The number of aliphatic hydroxyl groups excluding tert-OH is 1. The molecule has 2 nitrogen and oxygen atoms in total. The van der Waals surface area contributed by atoms with E-state index < -0.39 is 0 Å². The SMILES string of the molecule is C/C1=C/C/C(=C(/C)CO)C(=O)C/C(C)=C\CC1. The Morgan fingerprint density at radius 1 is 1.29 bits per heavy atom. The van der Waals surface area contributed by atoms with E-state index in [4.69, 9.17) is 0 Å². The van der Waals surface area contributed by atoms with Gasteiger partial charge in [0, 0.05) is 12.0 Å². The standard InChI is InChI=1S/C15H22O2/c1-11-5-4-6-12(2)9-15(17)14(8-7-11)13(3)10-16/h6-7,16H,4-5,8-10H2,1-3H3/b11-7-,12-6-,14-13+. The monoisotopic (exact) mass is 234 g/mol. The van der Waals surface area contributed by atoms with Gasteiger partial charge in [0.25, 0.3) is 0 Å². The summed E-state index contributed by atoms with van der Waals surface area (Å²) in [7, 11) is 0. The Hall–Kier alpha value is -1.15. The van der Waals surface area contributed by atoms with Crippen molar-refractivity contribution in [1.82, 2.24) is 0 Å². The summed E-state index contributed by atoms with van der Waals surface area (Å²) in [5, 5.41) is 9.18. The van der Waals surface area contributed by atoms with Gasteiger partial charge >= 0.3 is 0 Å². The van der Waals surface area contributed by atoms with Crippen molar-refractivity contribution in [1.29, 1.82) is 0 Å². The summed E-state index contributed by atoms with van der Waals surface area (Å²) in [5.74, 6) is 0.149. The largest absolute Gasteiger partial charge is 0.392 e. The first-order valence-corrected chi connectivity index (χ1v) is 6.18. The second kappa shape index (κ2) is 6.55. The number of allylic oxidation sites excluding steroid dienone is 5. The smallest absolute Gasteiger partial charge is 0.163 e. The summed E-state index contributed by atoms with van der Waals surface area (Å²) >= 11 is 0. The molecule has 0 spiro atoms. The molecule has 0 fully saturated rings. The highest BCUT2D eigenvalue weighted by molar-refractivity contribution is 5.97. The van der Waals surface area contributed by atoms with Crippen LogP contribution in [0.25, 0.3) is 0 Å². The van der Waals surface area contributed by atoms with Crippen molar-refractivity contribution < 1.29 is 9.90 Å². The molecule has 0 saturated heterocycles. The van der Waals surface area contributed by atoms with Crippen LogP contribution in [0.2, 0.25) is 0 Å². The zero-order chi connectivity index (χ0) is 12.8. The van der Waals surface area contributed by atoms with Crippen molar-refractivity contribution in [3.63, 3.8) is 0 Å². The Balaban J connectivity index is 3.03. The van der Waals surface area contributed by atoms with E-state index in [9.17, 15) is 9.90 Å². The van der Waals surface area contributed by atoms with E-state index in [-0.39, 0.29) is 12.4 Å². The number of hydrogen-bond acceptors (Lipinski definition) is 2. The fourth-order valence-electron chi connectivity index (χ4n) is 1.98. The normalized spacial score (nSPS) is 27.9. The van der Waals surface area contributed by atoms with Gasteiger partial charge in [0.1, 0.15) is 0 Å². The highest BCUT2D eigenvalue weighted by Crippen LogP contribution is 2.20. The van der Waals surface area contributed by atoms with Crippen LogP contribution in [0.3, 0.4) is 0 Å². The average molecular weight is 234 g/mol. The topological polar surface area (TPSA) is 37.3 Å². The molecule has 0 bridgehead atoms.